The van der Waals surface area contributed by atoms with Crippen molar-refractivity contribution in [2.75, 3.05) is 26.8 Å². The standard InChI is InChI=1S/C15H20FNO3/c1-3-20-9-8-17(2)11-12-4-6-14(16)13(10-12)5-7-15(18)19/h4-7,10H,3,8-9,11H2,1-2H3,(H,18,19)/b7-5+. The molecule has 1 rings (SSSR count). The minimum Gasteiger partial charge on any atom is -0.478 e. The number of benzene rings is 1. The summed E-state index contributed by atoms with van der Waals surface area (Å²) in [6.07, 6.45) is 2.20. The van der Waals surface area contributed by atoms with Gasteiger partial charge in [0.15, 0.2) is 0 Å². The van der Waals surface area contributed by atoms with Crippen LogP contribution in [0.3, 0.4) is 0 Å². The largest absolute Gasteiger partial charge is 0.478 e. The Balaban J connectivity index is 2.67. The number of rotatable bonds is 8. The quantitative estimate of drug-likeness (QED) is 0.587. The SMILES string of the molecule is CCOCCN(C)Cc1ccc(F)c(/C=C/C(=O)O)c1. The average molecular weight is 281 g/mol. The van der Waals surface area contributed by atoms with Gasteiger partial charge < -0.3 is 9.84 Å². The summed E-state index contributed by atoms with van der Waals surface area (Å²) in [6.45, 7) is 4.72. The van der Waals surface area contributed by atoms with Gasteiger partial charge in [-0.15, -0.1) is 0 Å². The third kappa shape index (κ3) is 5.95. The molecule has 20 heavy (non-hydrogen) atoms. The lowest BCUT2D eigenvalue weighted by Gasteiger charge is -2.16. The minimum atomic E-state index is -1.09. The Hall–Kier alpha value is -1.72. The second kappa shape index (κ2) is 8.45. The van der Waals surface area contributed by atoms with Crippen LogP contribution in [0, 0.1) is 5.82 Å². The molecule has 0 saturated carbocycles. The topological polar surface area (TPSA) is 49.8 Å². The summed E-state index contributed by atoms with van der Waals surface area (Å²) in [5.74, 6) is -1.52. The molecule has 0 amide bonds. The second-order valence-electron chi connectivity index (χ2n) is 4.46. The molecule has 110 valence electrons. The molecule has 1 aromatic rings. The zero-order chi connectivity index (χ0) is 15.0. The van der Waals surface area contributed by atoms with Gasteiger partial charge in [0.25, 0.3) is 0 Å². The third-order valence-electron chi connectivity index (χ3n) is 2.74. The zero-order valence-electron chi connectivity index (χ0n) is 11.8. The third-order valence-corrected chi connectivity index (χ3v) is 2.74. The number of halogens is 1. The summed E-state index contributed by atoms with van der Waals surface area (Å²) in [4.78, 5) is 12.5. The second-order valence-corrected chi connectivity index (χ2v) is 4.46. The van der Waals surface area contributed by atoms with Gasteiger partial charge in [0.05, 0.1) is 6.61 Å². The fraction of sp³-hybridized carbons (Fsp3) is 0.400. The summed E-state index contributed by atoms with van der Waals surface area (Å²) in [6, 6.07) is 4.71. The van der Waals surface area contributed by atoms with E-state index in [0.29, 0.717) is 19.8 Å². The molecule has 5 heteroatoms. The monoisotopic (exact) mass is 281 g/mol. The van der Waals surface area contributed by atoms with Crippen LogP contribution in [-0.4, -0.2) is 42.8 Å². The number of hydrogen-bond donors (Lipinski definition) is 1. The van der Waals surface area contributed by atoms with Crippen molar-refractivity contribution in [3.8, 4) is 0 Å². The van der Waals surface area contributed by atoms with Gasteiger partial charge in [0, 0.05) is 31.3 Å². The van der Waals surface area contributed by atoms with Crippen LogP contribution in [0.25, 0.3) is 6.08 Å². The van der Waals surface area contributed by atoms with Crippen LogP contribution >= 0.6 is 0 Å². The van der Waals surface area contributed by atoms with Crippen LogP contribution in [0.1, 0.15) is 18.1 Å². The van der Waals surface area contributed by atoms with Crippen LogP contribution < -0.4 is 0 Å². The molecule has 0 aliphatic carbocycles. The smallest absolute Gasteiger partial charge is 0.328 e. The van der Waals surface area contributed by atoms with E-state index in [1.165, 1.54) is 12.1 Å². The van der Waals surface area contributed by atoms with Crippen LogP contribution in [0.5, 0.6) is 0 Å². The van der Waals surface area contributed by atoms with Crippen molar-refractivity contribution in [1.82, 2.24) is 4.90 Å². The first kappa shape index (κ1) is 16.3. The van der Waals surface area contributed by atoms with Crippen LogP contribution in [0.15, 0.2) is 24.3 Å². The number of aliphatic carboxylic acids is 1. The molecule has 0 atom stereocenters. The van der Waals surface area contributed by atoms with Crippen molar-refractivity contribution in [2.24, 2.45) is 0 Å². The molecule has 1 N–H and O–H groups in total. The van der Waals surface area contributed by atoms with E-state index in [1.54, 1.807) is 12.1 Å². The van der Waals surface area contributed by atoms with E-state index in [4.69, 9.17) is 9.84 Å². The minimum absolute atomic E-state index is 0.281. The maximum absolute atomic E-state index is 13.5. The molecule has 1 aromatic carbocycles. The number of carboxylic acid groups (broad SMARTS) is 1. The lowest BCUT2D eigenvalue weighted by molar-refractivity contribution is -0.131. The van der Waals surface area contributed by atoms with E-state index in [2.05, 4.69) is 4.90 Å². The number of likely N-dealkylation sites (N-methyl/N-ethyl adjacent to an activating group) is 1. The van der Waals surface area contributed by atoms with E-state index in [1.807, 2.05) is 14.0 Å². The molecule has 0 heterocycles. The van der Waals surface area contributed by atoms with Crippen LogP contribution in [0.4, 0.5) is 4.39 Å². The highest BCUT2D eigenvalue weighted by Crippen LogP contribution is 2.13. The van der Waals surface area contributed by atoms with E-state index in [0.717, 1.165) is 18.2 Å². The first-order valence-corrected chi connectivity index (χ1v) is 6.48. The summed E-state index contributed by atoms with van der Waals surface area (Å²) in [5.41, 5.74) is 1.21. The number of hydrogen-bond acceptors (Lipinski definition) is 3. The molecular weight excluding hydrogens is 261 g/mol. The van der Waals surface area contributed by atoms with E-state index in [9.17, 15) is 9.18 Å². The van der Waals surface area contributed by atoms with Gasteiger partial charge in [-0.2, -0.15) is 0 Å². The van der Waals surface area contributed by atoms with Crippen molar-refractivity contribution in [3.05, 3.63) is 41.2 Å². The van der Waals surface area contributed by atoms with Gasteiger partial charge in [0.1, 0.15) is 5.82 Å². The Morgan fingerprint density at radius 2 is 2.25 bits per heavy atom. The molecule has 0 radical (unpaired) electrons. The molecule has 4 nitrogen and oxygen atoms in total. The van der Waals surface area contributed by atoms with Gasteiger partial charge in [-0.3, -0.25) is 4.90 Å². The molecule has 0 unspecified atom stereocenters. The number of carbonyl (C=O) groups is 1. The molecule has 0 aliphatic rings. The van der Waals surface area contributed by atoms with Crippen molar-refractivity contribution < 1.29 is 19.0 Å². The zero-order valence-corrected chi connectivity index (χ0v) is 11.8. The van der Waals surface area contributed by atoms with Crippen molar-refractivity contribution in [3.63, 3.8) is 0 Å². The van der Waals surface area contributed by atoms with E-state index in [-0.39, 0.29) is 5.56 Å². The summed E-state index contributed by atoms with van der Waals surface area (Å²) >= 11 is 0. The number of ether oxygens (including phenoxy) is 1. The highest BCUT2D eigenvalue weighted by Gasteiger charge is 2.04. The Kier molecular flexibility index (Phi) is 6.90. The van der Waals surface area contributed by atoms with Gasteiger partial charge >= 0.3 is 5.97 Å². The van der Waals surface area contributed by atoms with Gasteiger partial charge in [-0.1, -0.05) is 6.07 Å². The Morgan fingerprint density at radius 3 is 2.90 bits per heavy atom. The van der Waals surface area contributed by atoms with E-state index >= 15 is 0 Å². The summed E-state index contributed by atoms with van der Waals surface area (Å²) < 4.78 is 18.8. The van der Waals surface area contributed by atoms with E-state index < -0.39 is 11.8 Å². The normalized spacial score (nSPS) is 11.4. The van der Waals surface area contributed by atoms with Gasteiger partial charge in [0.2, 0.25) is 0 Å². The average Bonchev–Trinajstić information content (AvgIpc) is 2.39. The van der Waals surface area contributed by atoms with Gasteiger partial charge in [-0.05, 0) is 37.7 Å². The van der Waals surface area contributed by atoms with Crippen LogP contribution in [-0.2, 0) is 16.1 Å². The Morgan fingerprint density at radius 1 is 1.50 bits per heavy atom. The predicted molar refractivity (Wildman–Crippen MR) is 75.9 cm³/mol. The highest BCUT2D eigenvalue weighted by atomic mass is 19.1. The molecular formula is C15H20FNO3. The lowest BCUT2D eigenvalue weighted by atomic mass is 10.1. The molecule has 0 bridgehead atoms. The number of carboxylic acids is 1. The Bertz CT molecular complexity index is 474. The molecule has 0 saturated heterocycles. The van der Waals surface area contributed by atoms with Crippen molar-refractivity contribution >= 4 is 12.0 Å². The fourth-order valence-corrected chi connectivity index (χ4v) is 1.74. The molecule has 0 aromatic heterocycles. The van der Waals surface area contributed by atoms with Gasteiger partial charge in [-0.25, -0.2) is 9.18 Å². The van der Waals surface area contributed by atoms with Crippen LogP contribution in [0.2, 0.25) is 0 Å². The Labute approximate surface area is 118 Å². The molecule has 0 spiro atoms. The highest BCUT2D eigenvalue weighted by molar-refractivity contribution is 5.85. The summed E-state index contributed by atoms with van der Waals surface area (Å²) in [5, 5.41) is 8.57. The maximum atomic E-state index is 13.5. The lowest BCUT2D eigenvalue weighted by Crippen LogP contribution is -2.22. The first-order valence-electron chi connectivity index (χ1n) is 6.48. The van der Waals surface area contributed by atoms with Crippen molar-refractivity contribution in [1.29, 1.82) is 0 Å². The predicted octanol–water partition coefficient (Wildman–Crippen LogP) is 2.39. The maximum Gasteiger partial charge on any atom is 0.328 e. The molecule has 0 fully saturated rings. The summed E-state index contributed by atoms with van der Waals surface area (Å²) in [7, 11) is 1.95. The van der Waals surface area contributed by atoms with Crippen molar-refractivity contribution in [2.45, 2.75) is 13.5 Å². The number of nitrogens with zero attached hydrogens (tertiary/aromatic N) is 1. The first-order chi connectivity index (χ1) is 9.52. The molecule has 0 aliphatic heterocycles. The fourth-order valence-electron chi connectivity index (χ4n) is 1.74.